The Labute approximate surface area is 171 Å². The zero-order chi connectivity index (χ0) is 20.5. The van der Waals surface area contributed by atoms with Crippen molar-refractivity contribution in [2.75, 3.05) is 0 Å². The van der Waals surface area contributed by atoms with Gasteiger partial charge in [0.15, 0.2) is 5.82 Å². The molecule has 9 heteroatoms. The Hall–Kier alpha value is -4.49. The number of hydrogen-bond acceptors (Lipinski definition) is 6. The predicted octanol–water partition coefficient (Wildman–Crippen LogP) is 2.91. The molecule has 0 N–H and O–H groups in total. The Balaban J connectivity index is 1.47. The van der Waals surface area contributed by atoms with E-state index in [-0.39, 0.29) is 11.4 Å². The molecule has 2 aliphatic rings. The quantitative estimate of drug-likeness (QED) is 0.504. The number of amidine groups is 1. The molecule has 144 valence electrons. The van der Waals surface area contributed by atoms with Crippen LogP contribution in [0.25, 0.3) is 10.8 Å². The van der Waals surface area contributed by atoms with Crippen LogP contribution in [0.5, 0.6) is 0 Å². The fraction of sp³-hybridized carbons (Fsp3) is 0.0476. The highest BCUT2D eigenvalue weighted by Gasteiger charge is 2.27. The number of hydrogen-bond donors (Lipinski definition) is 0. The third kappa shape index (κ3) is 2.95. The summed E-state index contributed by atoms with van der Waals surface area (Å²) in [5.74, 6) is 3.33. The minimum Gasteiger partial charge on any atom is -0.763 e. The van der Waals surface area contributed by atoms with Crippen LogP contribution in [0.1, 0.15) is 22.8 Å². The summed E-state index contributed by atoms with van der Waals surface area (Å²) in [6.07, 6.45) is 0. The van der Waals surface area contributed by atoms with Gasteiger partial charge in [-0.1, -0.05) is 60.7 Å². The van der Waals surface area contributed by atoms with Gasteiger partial charge in [-0.3, -0.25) is 16.1 Å². The smallest absolute Gasteiger partial charge is 0.204 e. The van der Waals surface area contributed by atoms with Gasteiger partial charge in [-0.25, -0.2) is 4.98 Å². The molecule has 2 aliphatic heterocycles. The van der Waals surface area contributed by atoms with Gasteiger partial charge in [-0.2, -0.15) is 0 Å². The third-order valence-electron chi connectivity index (χ3n) is 4.48. The molecule has 3 aromatic rings. The Morgan fingerprint density at radius 3 is 2.27 bits per heavy atom. The molecule has 2 aromatic carbocycles. The van der Waals surface area contributed by atoms with Crippen molar-refractivity contribution in [1.29, 1.82) is 0 Å². The van der Waals surface area contributed by atoms with E-state index < -0.39 is 0 Å². The van der Waals surface area contributed by atoms with E-state index in [0.29, 0.717) is 28.8 Å². The van der Waals surface area contributed by atoms with E-state index in [2.05, 4.69) is 41.8 Å². The number of aryl methyl sites for hydroxylation is 1. The molecule has 0 unspecified atom stereocenters. The van der Waals surface area contributed by atoms with E-state index >= 15 is 0 Å². The van der Waals surface area contributed by atoms with Crippen LogP contribution in [0, 0.1) is 6.92 Å². The first-order valence-corrected chi connectivity index (χ1v) is 9.11. The van der Waals surface area contributed by atoms with Crippen LogP contribution in [0.4, 0.5) is 0 Å². The van der Waals surface area contributed by atoms with Gasteiger partial charge >= 0.3 is 0 Å². The Bertz CT molecular complexity index is 1310. The van der Waals surface area contributed by atoms with Crippen LogP contribution in [0.15, 0.2) is 86.6 Å². The summed E-state index contributed by atoms with van der Waals surface area (Å²) in [6.45, 7) is 1.78. The molecule has 1 aromatic heterocycles. The number of nitrogens with zero attached hydrogens (tertiary/aromatic N) is 9. The lowest BCUT2D eigenvalue weighted by atomic mass is 10.0. The highest BCUT2D eigenvalue weighted by atomic mass is 15.6. The largest absolute Gasteiger partial charge is 0.763 e. The topological polar surface area (TPSA) is 117 Å². The summed E-state index contributed by atoms with van der Waals surface area (Å²) in [7, 11) is 0. The maximum atomic E-state index is 9.64. The molecule has 0 bridgehead atoms. The fourth-order valence-electron chi connectivity index (χ4n) is 3.12. The number of benzene rings is 2. The number of rotatable bonds is 3. The van der Waals surface area contributed by atoms with Crippen molar-refractivity contribution in [2.24, 2.45) is 20.4 Å². The van der Waals surface area contributed by atoms with Gasteiger partial charge in [0.25, 0.3) is 0 Å². The molecular weight excluding hydrogens is 378 g/mol. The second kappa shape index (κ2) is 7.16. The Kier molecular flexibility index (Phi) is 4.20. The van der Waals surface area contributed by atoms with E-state index in [0.717, 1.165) is 11.1 Å². The molecule has 0 aliphatic carbocycles. The number of aromatic nitrogens is 3. The summed E-state index contributed by atoms with van der Waals surface area (Å²) < 4.78 is 0. The van der Waals surface area contributed by atoms with Gasteiger partial charge in [0.05, 0.1) is 5.71 Å². The van der Waals surface area contributed by atoms with E-state index in [1.54, 1.807) is 6.92 Å². The second-order valence-corrected chi connectivity index (χ2v) is 6.46. The van der Waals surface area contributed by atoms with Gasteiger partial charge < -0.3 is 15.9 Å². The zero-order valence-electron chi connectivity index (χ0n) is 15.8. The summed E-state index contributed by atoms with van der Waals surface area (Å²) in [5.41, 5.74) is 7.65. The zero-order valence-corrected chi connectivity index (χ0v) is 15.8. The molecule has 5 rings (SSSR count). The first-order chi connectivity index (χ1) is 14.7. The van der Waals surface area contributed by atoms with Crippen LogP contribution < -0.4 is 0 Å². The van der Waals surface area contributed by atoms with Crippen LogP contribution in [-0.4, -0.2) is 43.7 Å². The van der Waals surface area contributed by atoms with E-state index in [1.165, 1.54) is 4.79 Å². The van der Waals surface area contributed by atoms with Gasteiger partial charge in [0.2, 0.25) is 5.82 Å². The van der Waals surface area contributed by atoms with Crippen molar-refractivity contribution in [3.8, 4) is 0 Å². The van der Waals surface area contributed by atoms with Gasteiger partial charge in [-0.05, 0) is 12.8 Å². The first-order valence-electron chi connectivity index (χ1n) is 9.11. The van der Waals surface area contributed by atoms with E-state index in [9.17, 15) is 5.41 Å². The molecule has 0 radical (unpaired) electrons. The molecule has 0 saturated carbocycles. The van der Waals surface area contributed by atoms with Crippen LogP contribution >= 0.6 is 0 Å². The monoisotopic (exact) mass is 391 g/mol. The second-order valence-electron chi connectivity index (χ2n) is 6.46. The lowest BCUT2D eigenvalue weighted by Crippen LogP contribution is -2.15. The maximum absolute atomic E-state index is 9.64. The van der Waals surface area contributed by atoms with Gasteiger partial charge in [-0.15, -0.1) is 15.0 Å². The van der Waals surface area contributed by atoms with Crippen LogP contribution in [-0.2, 0) is 0 Å². The molecule has 9 nitrogen and oxygen atoms in total. The predicted molar refractivity (Wildman–Crippen MR) is 115 cm³/mol. The van der Waals surface area contributed by atoms with Crippen molar-refractivity contribution >= 4 is 28.8 Å². The molecular formula is C21H13N9-2. The summed E-state index contributed by atoms with van der Waals surface area (Å²) in [4.78, 5) is 5.84. The normalized spacial score (nSPS) is 16.1. The average Bonchev–Trinajstić information content (AvgIpc) is 3.45. The first kappa shape index (κ1) is 17.6. The molecule has 0 fully saturated rings. The van der Waals surface area contributed by atoms with E-state index in [4.69, 9.17) is 0 Å². The van der Waals surface area contributed by atoms with Crippen molar-refractivity contribution in [1.82, 2.24) is 14.9 Å². The van der Waals surface area contributed by atoms with Crippen molar-refractivity contribution in [3.05, 3.63) is 99.8 Å². The van der Waals surface area contributed by atoms with Gasteiger partial charge in [0.1, 0.15) is 11.4 Å². The molecule has 0 amide bonds. The molecule has 30 heavy (non-hydrogen) atoms. The standard InChI is InChI=1S/C21H13N9/c1-13-23-21-19(18(29-30(21)28-13)15-10-6-3-7-11-15)25-27-20-16(12-22)17(24-26-20)14-8-4-2-5-9-14/h2-11H,1H3/q-2. The molecule has 0 saturated heterocycles. The van der Waals surface area contributed by atoms with Gasteiger partial charge in [0, 0.05) is 16.7 Å². The highest BCUT2D eigenvalue weighted by Crippen LogP contribution is 2.21. The lowest BCUT2D eigenvalue weighted by Gasteiger charge is -2.13. The highest BCUT2D eigenvalue weighted by molar-refractivity contribution is 6.54. The Morgan fingerprint density at radius 2 is 1.60 bits per heavy atom. The average molecular weight is 391 g/mol. The third-order valence-corrected chi connectivity index (χ3v) is 4.48. The van der Waals surface area contributed by atoms with Crippen molar-refractivity contribution in [3.63, 3.8) is 0 Å². The minimum atomic E-state index is 0.144. The SMILES string of the molecule is Cc1nc2n(n1)N=C(c1ccccc1)C2=N[N-]C1=NN=C(c2ccccc2)C1=C=[N-]. The van der Waals surface area contributed by atoms with Crippen molar-refractivity contribution in [2.45, 2.75) is 6.92 Å². The summed E-state index contributed by atoms with van der Waals surface area (Å²) in [5, 5.41) is 30.9. The molecule has 0 spiro atoms. The van der Waals surface area contributed by atoms with E-state index in [1.807, 2.05) is 60.7 Å². The maximum Gasteiger partial charge on any atom is 0.204 e. The summed E-state index contributed by atoms with van der Waals surface area (Å²) in [6, 6.07) is 19.0. The lowest BCUT2D eigenvalue weighted by molar-refractivity contribution is 0.737. The Morgan fingerprint density at radius 1 is 0.933 bits per heavy atom. The van der Waals surface area contributed by atoms with Crippen LogP contribution in [0.3, 0.4) is 0 Å². The summed E-state index contributed by atoms with van der Waals surface area (Å²) >= 11 is 0. The molecule has 0 atom stereocenters. The van der Waals surface area contributed by atoms with Crippen molar-refractivity contribution < 1.29 is 0 Å². The molecule has 3 heterocycles. The van der Waals surface area contributed by atoms with Crippen LogP contribution in [0.2, 0.25) is 0 Å². The minimum absolute atomic E-state index is 0.144. The number of fused-ring (bicyclic) bond motifs is 1. The fourth-order valence-corrected chi connectivity index (χ4v) is 3.12.